The number of aromatic nitrogens is 4. The number of halogens is 11. The number of hydrogen-bond donors (Lipinski definition) is 0. The third kappa shape index (κ3) is 5.69. The van der Waals surface area contributed by atoms with E-state index in [0.717, 1.165) is 13.0 Å². The van der Waals surface area contributed by atoms with Crippen molar-refractivity contribution in [2.24, 2.45) is 20.0 Å². The van der Waals surface area contributed by atoms with Gasteiger partial charge in [-0.2, -0.15) is 36.0 Å². The van der Waals surface area contributed by atoms with E-state index in [2.05, 4.69) is 44.8 Å². The molecule has 0 spiro atoms. The van der Waals surface area contributed by atoms with E-state index in [0.29, 0.717) is 18.2 Å². The molecule has 0 fully saturated rings. The molecule has 2 aromatic heterocycles. The maximum Gasteiger partial charge on any atom is 0.419 e. The van der Waals surface area contributed by atoms with Gasteiger partial charge in [0.1, 0.15) is 17.5 Å². The lowest BCUT2D eigenvalue weighted by molar-refractivity contribution is -0.140. The summed E-state index contributed by atoms with van der Waals surface area (Å²) in [5.74, 6) is -15.0. The number of nitriles is 1. The minimum Gasteiger partial charge on any atom is -0.430 e. The molecule has 0 saturated heterocycles. The molecule has 0 amide bonds. The van der Waals surface area contributed by atoms with E-state index < -0.39 is 121 Å². The fraction of sp³-hybridized carbons (Fsp3) is 0.0968. The highest BCUT2D eigenvalue weighted by atomic mass is 19.4. The molecule has 2 aliphatic rings. The van der Waals surface area contributed by atoms with Crippen LogP contribution >= 0.6 is 0 Å². The van der Waals surface area contributed by atoms with Gasteiger partial charge in [0.05, 0.1) is 39.1 Å². The van der Waals surface area contributed by atoms with E-state index in [1.807, 2.05) is 0 Å². The standard InChI is InChI=1S/C31H7F11N10O/c1-8-3-13-14(4-10(8)30(37,38)39)46-24(45-13)9(7-43)25-50-27(22(44-2)26-47-15-5-11(31(40,41)42)12(32)6-16(15)48-26)52-28(51-25)29-49-21-19(35)17(33)18(34)20(36)23(21)53-29/h3-6H,1H3/b24-9-,26-22-. The molecule has 11 nitrogen and oxygen atoms in total. The summed E-state index contributed by atoms with van der Waals surface area (Å²) in [6, 6.07) is 4.05. The van der Waals surface area contributed by atoms with Gasteiger partial charge in [-0.3, -0.25) is 0 Å². The summed E-state index contributed by atoms with van der Waals surface area (Å²) in [6.07, 6.45) is -9.93. The van der Waals surface area contributed by atoms with Crippen LogP contribution in [-0.2, 0) is 12.4 Å². The molecule has 0 saturated carbocycles. The Morgan fingerprint density at radius 2 is 1.25 bits per heavy atom. The monoisotopic (exact) mass is 744 g/mol. The predicted molar refractivity (Wildman–Crippen MR) is 151 cm³/mol. The fourth-order valence-electron chi connectivity index (χ4n) is 5.04. The van der Waals surface area contributed by atoms with Crippen LogP contribution in [0.2, 0.25) is 0 Å². The van der Waals surface area contributed by atoms with E-state index in [9.17, 15) is 53.6 Å². The Bertz CT molecular complexity index is 2730. The molecule has 0 radical (unpaired) electrons. The average molecular weight is 744 g/mol. The van der Waals surface area contributed by atoms with Gasteiger partial charge < -0.3 is 4.42 Å². The second kappa shape index (κ2) is 11.8. The molecule has 5 aromatic rings. The molecule has 264 valence electrons. The molecule has 2 aliphatic heterocycles. The number of nitrogens with zero attached hydrogens (tertiary/aromatic N) is 10. The average Bonchev–Trinajstić information content (AvgIpc) is 3.82. The minimum atomic E-state index is -5.14. The Labute approximate surface area is 283 Å². The first-order valence-electron chi connectivity index (χ1n) is 14.0. The summed E-state index contributed by atoms with van der Waals surface area (Å²) in [6.45, 7) is 8.90. The lowest BCUT2D eigenvalue weighted by Gasteiger charge is -2.08. The zero-order valence-electron chi connectivity index (χ0n) is 25.3. The van der Waals surface area contributed by atoms with Gasteiger partial charge in [-0.1, -0.05) is 0 Å². The zero-order valence-corrected chi connectivity index (χ0v) is 25.3. The second-order valence-corrected chi connectivity index (χ2v) is 10.8. The number of allylic oxidation sites excluding steroid dienone is 1. The largest absolute Gasteiger partial charge is 0.430 e. The van der Waals surface area contributed by atoms with Crippen molar-refractivity contribution in [3.8, 4) is 17.8 Å². The number of rotatable bonds is 3. The van der Waals surface area contributed by atoms with Crippen molar-refractivity contribution in [2.75, 3.05) is 0 Å². The smallest absolute Gasteiger partial charge is 0.419 e. The molecule has 53 heavy (non-hydrogen) atoms. The van der Waals surface area contributed by atoms with Crippen molar-refractivity contribution < 1.29 is 52.7 Å². The Hall–Kier alpha value is -6.97. The van der Waals surface area contributed by atoms with Gasteiger partial charge in [-0.05, 0) is 30.7 Å². The molecule has 0 unspecified atom stereocenters. The number of fused-ring (bicyclic) bond motifs is 3. The zero-order chi connectivity index (χ0) is 38.3. The molecule has 4 heterocycles. The fourth-order valence-corrected chi connectivity index (χ4v) is 5.04. The van der Waals surface area contributed by atoms with Crippen LogP contribution in [0.5, 0.6) is 0 Å². The first kappa shape index (κ1) is 34.5. The number of benzene rings is 3. The van der Waals surface area contributed by atoms with Gasteiger partial charge in [-0.25, -0.2) is 62.3 Å². The maximum atomic E-state index is 14.5. The lowest BCUT2D eigenvalue weighted by Crippen LogP contribution is -2.26. The topological polar surface area (TPSA) is 142 Å². The van der Waals surface area contributed by atoms with Gasteiger partial charge >= 0.3 is 12.4 Å². The van der Waals surface area contributed by atoms with E-state index in [4.69, 9.17) is 11.0 Å². The molecule has 7 rings (SSSR count). The van der Waals surface area contributed by atoms with Crippen LogP contribution < -0.4 is 21.4 Å². The number of oxazole rings is 1. The normalized spacial score (nSPS) is 15.4. The molecule has 0 aliphatic carbocycles. The Morgan fingerprint density at radius 1 is 0.698 bits per heavy atom. The van der Waals surface area contributed by atoms with Crippen LogP contribution in [-0.4, -0.2) is 19.9 Å². The van der Waals surface area contributed by atoms with Crippen molar-refractivity contribution in [1.82, 2.24) is 19.9 Å². The Balaban J connectivity index is 1.49. The highest BCUT2D eigenvalue weighted by molar-refractivity contribution is 5.79. The molecule has 0 bridgehead atoms. The van der Waals surface area contributed by atoms with E-state index in [-0.39, 0.29) is 16.3 Å². The number of alkyl halides is 6. The first-order chi connectivity index (χ1) is 24.9. The SMILES string of the molecule is [C-]#[N+]/C(=C1\N=c2cc(F)c(C(F)(F)F)cc2=N1)c1nc(/C(C#N)=C2/N=c3cc(C)c(C(F)(F)F)cc3=N2)nc(-c2nc3c(F)c(F)c(F)c(F)c3o2)n1. The number of hydrogen-bond acceptors (Lipinski definition) is 10. The van der Waals surface area contributed by atoms with Crippen LogP contribution in [0.25, 0.3) is 38.9 Å². The molecule has 22 heteroatoms. The summed E-state index contributed by atoms with van der Waals surface area (Å²) < 4.78 is 157. The number of aryl methyl sites for hydroxylation is 1. The first-order valence-corrected chi connectivity index (χ1v) is 14.0. The van der Waals surface area contributed by atoms with Crippen molar-refractivity contribution in [3.63, 3.8) is 0 Å². The molecule has 0 N–H and O–H groups in total. The van der Waals surface area contributed by atoms with Crippen molar-refractivity contribution in [1.29, 1.82) is 5.26 Å². The Morgan fingerprint density at radius 3 is 1.85 bits per heavy atom. The third-order valence-electron chi connectivity index (χ3n) is 7.44. The quantitative estimate of drug-likeness (QED) is 0.0801. The van der Waals surface area contributed by atoms with Crippen LogP contribution in [0.3, 0.4) is 0 Å². The van der Waals surface area contributed by atoms with Crippen molar-refractivity contribution >= 4 is 22.4 Å². The van der Waals surface area contributed by atoms with E-state index >= 15 is 0 Å². The highest BCUT2D eigenvalue weighted by Crippen LogP contribution is 2.34. The predicted octanol–water partition coefficient (Wildman–Crippen LogP) is 5.36. The molecule has 0 atom stereocenters. The summed E-state index contributed by atoms with van der Waals surface area (Å²) in [5.41, 5.74) is -6.98. The molecular weight excluding hydrogens is 737 g/mol. The van der Waals surface area contributed by atoms with Crippen LogP contribution in [0.1, 0.15) is 28.3 Å². The van der Waals surface area contributed by atoms with Crippen LogP contribution in [0, 0.1) is 53.9 Å². The summed E-state index contributed by atoms with van der Waals surface area (Å²) in [7, 11) is 0. The summed E-state index contributed by atoms with van der Waals surface area (Å²) in [5, 5.41) is 8.70. The van der Waals surface area contributed by atoms with Gasteiger partial charge in [-0.15, -0.1) is 0 Å². The van der Waals surface area contributed by atoms with E-state index in [1.165, 1.54) is 0 Å². The van der Waals surface area contributed by atoms with Crippen LogP contribution in [0.4, 0.5) is 48.3 Å². The van der Waals surface area contributed by atoms with Gasteiger partial charge in [0, 0.05) is 6.07 Å². The summed E-state index contributed by atoms with van der Waals surface area (Å²) >= 11 is 0. The molecular formula is C31H7F11N10O. The second-order valence-electron chi connectivity index (χ2n) is 10.8. The van der Waals surface area contributed by atoms with Crippen molar-refractivity contribution in [3.05, 3.63) is 126 Å². The van der Waals surface area contributed by atoms with E-state index in [1.54, 1.807) is 6.07 Å². The lowest BCUT2D eigenvalue weighted by atomic mass is 10.1. The maximum absolute atomic E-state index is 14.5. The Kier molecular flexibility index (Phi) is 7.67. The van der Waals surface area contributed by atoms with Gasteiger partial charge in [0.25, 0.3) is 11.6 Å². The highest BCUT2D eigenvalue weighted by Gasteiger charge is 2.36. The summed E-state index contributed by atoms with van der Waals surface area (Å²) in [4.78, 5) is 34.3. The van der Waals surface area contributed by atoms with Crippen LogP contribution in [0.15, 0.2) is 60.3 Å². The van der Waals surface area contributed by atoms with Gasteiger partial charge in [0.15, 0.2) is 46.0 Å². The van der Waals surface area contributed by atoms with Gasteiger partial charge in [0.2, 0.25) is 17.5 Å². The molecule has 3 aromatic carbocycles. The third-order valence-corrected chi connectivity index (χ3v) is 7.44. The van der Waals surface area contributed by atoms with Crippen molar-refractivity contribution in [2.45, 2.75) is 19.3 Å². The minimum absolute atomic E-state index is 0.113.